The van der Waals surface area contributed by atoms with Crippen LogP contribution in [0.5, 0.6) is 0 Å². The van der Waals surface area contributed by atoms with E-state index in [1.807, 2.05) is 37.3 Å². The van der Waals surface area contributed by atoms with Crippen molar-refractivity contribution in [3.8, 4) is 0 Å². The van der Waals surface area contributed by atoms with Crippen LogP contribution in [-0.2, 0) is 11.3 Å². The number of hydrogen-bond acceptors (Lipinski definition) is 2. The van der Waals surface area contributed by atoms with Gasteiger partial charge in [0.1, 0.15) is 0 Å². The molecule has 2 N–H and O–H groups in total. The van der Waals surface area contributed by atoms with Crippen LogP contribution in [0.1, 0.15) is 12.5 Å². The Morgan fingerprint density at radius 1 is 1.36 bits per heavy atom. The molecule has 0 spiro atoms. The van der Waals surface area contributed by atoms with Crippen molar-refractivity contribution in [1.29, 1.82) is 0 Å². The Kier molecular flexibility index (Phi) is 4.97. The molecule has 0 radical (unpaired) electrons. The topological polar surface area (TPSA) is 35.2 Å². The molecule has 0 heterocycles. The predicted molar refractivity (Wildman–Crippen MR) is 58.9 cm³/mol. The highest BCUT2D eigenvalue weighted by Gasteiger charge is 1.89. The quantitative estimate of drug-likeness (QED) is 0.571. The highest BCUT2D eigenvalue weighted by molar-refractivity contribution is 5.13. The summed E-state index contributed by atoms with van der Waals surface area (Å²) >= 11 is 0. The molecule has 1 unspecified atom stereocenters. The number of benzene rings is 1. The van der Waals surface area contributed by atoms with Crippen LogP contribution in [-0.4, -0.2) is 12.6 Å². The zero-order valence-electron chi connectivity index (χ0n) is 8.52. The Morgan fingerprint density at radius 2 is 2.07 bits per heavy atom. The van der Waals surface area contributed by atoms with Gasteiger partial charge in [0.15, 0.2) is 0 Å². The standard InChI is InChI=1S/C12H17NO/c1-11(13)6-5-9-14-10-12-7-3-2-4-8-12/h2-8,11H,9-10,13H2,1H3/b6-5+. The van der Waals surface area contributed by atoms with Gasteiger partial charge in [0.05, 0.1) is 13.2 Å². The largest absolute Gasteiger partial charge is 0.373 e. The second kappa shape index (κ2) is 6.35. The molecule has 0 aliphatic rings. The first-order valence-electron chi connectivity index (χ1n) is 4.83. The summed E-state index contributed by atoms with van der Waals surface area (Å²) in [6.45, 7) is 3.22. The Hall–Kier alpha value is -1.12. The third-order valence-electron chi connectivity index (χ3n) is 1.77. The van der Waals surface area contributed by atoms with Gasteiger partial charge in [0.2, 0.25) is 0 Å². The van der Waals surface area contributed by atoms with Gasteiger partial charge in [-0.25, -0.2) is 0 Å². The molecule has 1 rings (SSSR count). The van der Waals surface area contributed by atoms with Crippen LogP contribution in [0.25, 0.3) is 0 Å². The summed E-state index contributed by atoms with van der Waals surface area (Å²) in [5, 5.41) is 0. The van der Waals surface area contributed by atoms with Crippen LogP contribution in [0, 0.1) is 0 Å². The molecule has 0 aromatic heterocycles. The van der Waals surface area contributed by atoms with Crippen molar-refractivity contribution in [3.05, 3.63) is 48.0 Å². The Balaban J connectivity index is 2.16. The smallest absolute Gasteiger partial charge is 0.0721 e. The molecule has 1 aromatic carbocycles. The van der Waals surface area contributed by atoms with Crippen LogP contribution in [0.4, 0.5) is 0 Å². The molecule has 0 aliphatic heterocycles. The SMILES string of the molecule is CC(N)/C=C/COCc1ccccc1. The minimum atomic E-state index is 0.107. The van der Waals surface area contributed by atoms with Crippen LogP contribution < -0.4 is 5.73 Å². The Morgan fingerprint density at radius 3 is 2.71 bits per heavy atom. The van der Waals surface area contributed by atoms with Gasteiger partial charge in [-0.15, -0.1) is 0 Å². The summed E-state index contributed by atoms with van der Waals surface area (Å²) in [5.74, 6) is 0. The minimum Gasteiger partial charge on any atom is -0.373 e. The summed E-state index contributed by atoms with van der Waals surface area (Å²) in [6, 6.07) is 10.2. The fourth-order valence-electron chi connectivity index (χ4n) is 1.09. The summed E-state index contributed by atoms with van der Waals surface area (Å²) in [6.07, 6.45) is 3.89. The lowest BCUT2D eigenvalue weighted by molar-refractivity contribution is 0.148. The van der Waals surface area contributed by atoms with Crippen molar-refractivity contribution in [2.24, 2.45) is 5.73 Å². The number of hydrogen-bond donors (Lipinski definition) is 1. The normalized spacial score (nSPS) is 13.3. The van der Waals surface area contributed by atoms with Gasteiger partial charge in [-0.1, -0.05) is 42.5 Å². The van der Waals surface area contributed by atoms with E-state index in [0.29, 0.717) is 13.2 Å². The average molecular weight is 191 g/mol. The fraction of sp³-hybridized carbons (Fsp3) is 0.333. The van der Waals surface area contributed by atoms with E-state index in [-0.39, 0.29) is 6.04 Å². The zero-order valence-corrected chi connectivity index (χ0v) is 8.52. The van der Waals surface area contributed by atoms with Crippen molar-refractivity contribution in [2.75, 3.05) is 6.61 Å². The third kappa shape index (κ3) is 4.80. The first-order valence-corrected chi connectivity index (χ1v) is 4.83. The maximum absolute atomic E-state index is 5.54. The van der Waals surface area contributed by atoms with Crippen molar-refractivity contribution in [3.63, 3.8) is 0 Å². The first kappa shape index (κ1) is 11.0. The summed E-state index contributed by atoms with van der Waals surface area (Å²) in [5.41, 5.74) is 6.74. The molecular formula is C12H17NO. The molecule has 0 aliphatic carbocycles. The molecule has 0 bridgehead atoms. The van der Waals surface area contributed by atoms with Crippen LogP contribution in [0.3, 0.4) is 0 Å². The predicted octanol–water partition coefficient (Wildman–Crippen LogP) is 2.11. The van der Waals surface area contributed by atoms with Gasteiger partial charge in [0.25, 0.3) is 0 Å². The van der Waals surface area contributed by atoms with E-state index >= 15 is 0 Å². The zero-order chi connectivity index (χ0) is 10.2. The van der Waals surface area contributed by atoms with E-state index in [9.17, 15) is 0 Å². The Labute approximate surface area is 85.4 Å². The molecule has 0 amide bonds. The van der Waals surface area contributed by atoms with Crippen molar-refractivity contribution < 1.29 is 4.74 Å². The molecule has 76 valence electrons. The number of rotatable bonds is 5. The summed E-state index contributed by atoms with van der Waals surface area (Å²) < 4.78 is 5.43. The molecule has 1 aromatic rings. The molecule has 2 heteroatoms. The second-order valence-corrected chi connectivity index (χ2v) is 3.29. The highest BCUT2D eigenvalue weighted by atomic mass is 16.5. The van der Waals surface area contributed by atoms with Crippen LogP contribution in [0.2, 0.25) is 0 Å². The highest BCUT2D eigenvalue weighted by Crippen LogP contribution is 2.00. The molecule has 1 atom stereocenters. The van der Waals surface area contributed by atoms with Crippen LogP contribution in [0.15, 0.2) is 42.5 Å². The lowest BCUT2D eigenvalue weighted by atomic mass is 10.2. The number of nitrogens with two attached hydrogens (primary N) is 1. The van der Waals surface area contributed by atoms with Gasteiger partial charge in [-0.2, -0.15) is 0 Å². The summed E-state index contributed by atoms with van der Waals surface area (Å²) in [4.78, 5) is 0. The number of ether oxygens (including phenoxy) is 1. The monoisotopic (exact) mass is 191 g/mol. The van der Waals surface area contributed by atoms with Gasteiger partial charge in [0, 0.05) is 6.04 Å². The van der Waals surface area contributed by atoms with E-state index in [0.717, 1.165) is 0 Å². The first-order chi connectivity index (χ1) is 6.79. The van der Waals surface area contributed by atoms with E-state index in [4.69, 9.17) is 10.5 Å². The van der Waals surface area contributed by atoms with Gasteiger partial charge >= 0.3 is 0 Å². The van der Waals surface area contributed by atoms with Gasteiger partial charge in [-0.3, -0.25) is 0 Å². The van der Waals surface area contributed by atoms with E-state index < -0.39 is 0 Å². The third-order valence-corrected chi connectivity index (χ3v) is 1.77. The fourth-order valence-corrected chi connectivity index (χ4v) is 1.09. The maximum atomic E-state index is 5.54. The lowest BCUT2D eigenvalue weighted by Gasteiger charge is -2.01. The van der Waals surface area contributed by atoms with E-state index in [2.05, 4.69) is 12.1 Å². The average Bonchev–Trinajstić information content (AvgIpc) is 2.18. The van der Waals surface area contributed by atoms with Crippen LogP contribution >= 0.6 is 0 Å². The maximum Gasteiger partial charge on any atom is 0.0721 e. The molecule has 2 nitrogen and oxygen atoms in total. The molecule has 14 heavy (non-hydrogen) atoms. The second-order valence-electron chi connectivity index (χ2n) is 3.29. The van der Waals surface area contributed by atoms with Crippen molar-refractivity contribution in [2.45, 2.75) is 19.6 Å². The van der Waals surface area contributed by atoms with Crippen molar-refractivity contribution >= 4 is 0 Å². The van der Waals surface area contributed by atoms with Crippen molar-refractivity contribution in [1.82, 2.24) is 0 Å². The molecular weight excluding hydrogens is 174 g/mol. The van der Waals surface area contributed by atoms with E-state index in [1.165, 1.54) is 5.56 Å². The lowest BCUT2D eigenvalue weighted by Crippen LogP contribution is -2.10. The minimum absolute atomic E-state index is 0.107. The summed E-state index contributed by atoms with van der Waals surface area (Å²) in [7, 11) is 0. The Bertz CT molecular complexity index is 267. The van der Waals surface area contributed by atoms with Gasteiger partial charge in [-0.05, 0) is 12.5 Å². The van der Waals surface area contributed by atoms with E-state index in [1.54, 1.807) is 0 Å². The molecule has 0 saturated heterocycles. The molecule has 0 saturated carbocycles. The van der Waals surface area contributed by atoms with Gasteiger partial charge < -0.3 is 10.5 Å². The molecule has 0 fully saturated rings.